The van der Waals surface area contributed by atoms with Crippen molar-refractivity contribution < 1.29 is 9.72 Å². The summed E-state index contributed by atoms with van der Waals surface area (Å²) in [7, 11) is 3.55. The molecule has 0 spiro atoms. The highest BCUT2D eigenvalue weighted by molar-refractivity contribution is 6.21. The van der Waals surface area contributed by atoms with Crippen molar-refractivity contribution in [1.82, 2.24) is 4.90 Å². The number of benzene rings is 1. The fourth-order valence-electron chi connectivity index (χ4n) is 2.19. The summed E-state index contributed by atoms with van der Waals surface area (Å²) in [5, 5.41) is 11.0. The zero-order valence-electron chi connectivity index (χ0n) is 9.85. The molecule has 0 bridgehead atoms. The van der Waals surface area contributed by atoms with Gasteiger partial charge in [-0.05, 0) is 13.0 Å². The van der Waals surface area contributed by atoms with E-state index in [1.54, 1.807) is 38.1 Å². The maximum absolute atomic E-state index is 12.0. The molecule has 0 fully saturated rings. The molecule has 1 aliphatic rings. The summed E-state index contributed by atoms with van der Waals surface area (Å²) in [5.41, 5.74) is 2.03. The van der Waals surface area contributed by atoms with E-state index in [0.29, 0.717) is 22.4 Å². The van der Waals surface area contributed by atoms with Crippen molar-refractivity contribution in [2.45, 2.75) is 6.92 Å². The summed E-state index contributed by atoms with van der Waals surface area (Å²) in [4.78, 5) is 24.3. The predicted octanol–water partition coefficient (Wildman–Crippen LogP) is 2.08. The first-order valence-electron chi connectivity index (χ1n) is 5.15. The molecule has 17 heavy (non-hydrogen) atoms. The molecule has 0 unspecified atom stereocenters. The highest BCUT2D eigenvalue weighted by Gasteiger charge is 2.34. The van der Waals surface area contributed by atoms with Gasteiger partial charge in [0.1, 0.15) is 0 Å². The van der Waals surface area contributed by atoms with E-state index in [0.717, 1.165) is 0 Å². The lowest BCUT2D eigenvalue weighted by atomic mass is 10.1. The normalized spacial score (nSPS) is 13.9. The van der Waals surface area contributed by atoms with Crippen molar-refractivity contribution in [2.75, 3.05) is 14.1 Å². The molecule has 0 aliphatic heterocycles. The minimum atomic E-state index is -0.450. The van der Waals surface area contributed by atoms with E-state index in [1.807, 2.05) is 0 Å². The van der Waals surface area contributed by atoms with Gasteiger partial charge < -0.3 is 4.90 Å². The minimum absolute atomic E-state index is 0.0172. The van der Waals surface area contributed by atoms with Crippen LogP contribution < -0.4 is 0 Å². The van der Waals surface area contributed by atoms with Gasteiger partial charge in [0.05, 0.1) is 16.2 Å². The van der Waals surface area contributed by atoms with Crippen molar-refractivity contribution in [2.24, 2.45) is 0 Å². The quantitative estimate of drug-likeness (QED) is 0.578. The van der Waals surface area contributed by atoms with E-state index in [4.69, 9.17) is 0 Å². The fourth-order valence-corrected chi connectivity index (χ4v) is 2.19. The Kier molecular flexibility index (Phi) is 2.46. The third-order valence-electron chi connectivity index (χ3n) is 2.86. The van der Waals surface area contributed by atoms with Crippen LogP contribution in [-0.4, -0.2) is 29.7 Å². The largest absolute Gasteiger partial charge is 0.377 e. The van der Waals surface area contributed by atoms with Crippen molar-refractivity contribution in [3.05, 3.63) is 45.0 Å². The molecule has 0 heterocycles. The van der Waals surface area contributed by atoms with Gasteiger partial charge in [-0.2, -0.15) is 0 Å². The molecule has 88 valence electrons. The number of hydrogen-bond acceptors (Lipinski definition) is 4. The van der Waals surface area contributed by atoms with E-state index in [-0.39, 0.29) is 11.5 Å². The summed E-state index contributed by atoms with van der Waals surface area (Å²) >= 11 is 0. The molecule has 0 aromatic heterocycles. The molecular weight excluding hydrogens is 220 g/mol. The predicted molar refractivity (Wildman–Crippen MR) is 63.7 cm³/mol. The van der Waals surface area contributed by atoms with Crippen LogP contribution in [0.1, 0.15) is 22.8 Å². The zero-order valence-corrected chi connectivity index (χ0v) is 9.85. The molecule has 0 saturated carbocycles. The average Bonchev–Trinajstić information content (AvgIpc) is 2.51. The number of rotatable bonds is 2. The first-order chi connectivity index (χ1) is 7.95. The van der Waals surface area contributed by atoms with Gasteiger partial charge in [0.25, 0.3) is 5.69 Å². The molecule has 0 N–H and O–H groups in total. The number of carbonyl (C=O) groups excluding carboxylic acids is 1. The number of nitro groups is 1. The van der Waals surface area contributed by atoms with Gasteiger partial charge in [0, 0.05) is 31.3 Å². The molecular formula is C12H12N2O3. The fraction of sp³-hybridized carbons (Fsp3) is 0.250. The summed E-state index contributed by atoms with van der Waals surface area (Å²) in [5.74, 6) is -0.132. The molecule has 2 rings (SSSR count). The number of nitrogens with zero attached hydrogens (tertiary/aromatic N) is 2. The lowest BCUT2D eigenvalue weighted by molar-refractivity contribution is -0.385. The molecule has 1 aromatic rings. The Morgan fingerprint density at radius 3 is 2.47 bits per heavy atom. The summed E-state index contributed by atoms with van der Waals surface area (Å²) in [6, 6.07) is 4.60. The molecule has 0 atom stereocenters. The van der Waals surface area contributed by atoms with Crippen molar-refractivity contribution >= 4 is 17.2 Å². The number of ketones is 1. The molecule has 1 aliphatic carbocycles. The third-order valence-corrected chi connectivity index (χ3v) is 2.86. The topological polar surface area (TPSA) is 63.4 Å². The SMILES string of the molecule is CC1=C(N(C)C)c2c(cccc2[N+](=O)[O-])C1=O. The second-order valence-corrected chi connectivity index (χ2v) is 4.15. The highest BCUT2D eigenvalue weighted by atomic mass is 16.6. The van der Waals surface area contributed by atoms with Crippen LogP contribution in [0.3, 0.4) is 0 Å². The summed E-state index contributed by atoms with van der Waals surface area (Å²) < 4.78 is 0. The van der Waals surface area contributed by atoms with Gasteiger partial charge in [-0.1, -0.05) is 6.07 Å². The van der Waals surface area contributed by atoms with E-state index in [9.17, 15) is 14.9 Å². The second kappa shape index (κ2) is 3.69. The van der Waals surface area contributed by atoms with Crippen molar-refractivity contribution in [3.63, 3.8) is 0 Å². The van der Waals surface area contributed by atoms with E-state index < -0.39 is 4.92 Å². The van der Waals surface area contributed by atoms with Gasteiger partial charge >= 0.3 is 0 Å². The van der Waals surface area contributed by atoms with Crippen molar-refractivity contribution in [3.8, 4) is 0 Å². The highest BCUT2D eigenvalue weighted by Crippen LogP contribution is 2.39. The Labute approximate surface area is 98.5 Å². The van der Waals surface area contributed by atoms with Crippen LogP contribution in [0.2, 0.25) is 0 Å². The summed E-state index contributed by atoms with van der Waals surface area (Å²) in [6.07, 6.45) is 0. The van der Waals surface area contributed by atoms with Crippen LogP contribution in [0, 0.1) is 10.1 Å². The smallest absolute Gasteiger partial charge is 0.279 e. The number of hydrogen-bond donors (Lipinski definition) is 0. The van der Waals surface area contributed by atoms with Crippen LogP contribution >= 0.6 is 0 Å². The van der Waals surface area contributed by atoms with Gasteiger partial charge in [-0.15, -0.1) is 0 Å². The standard InChI is InChI=1S/C12H12N2O3/c1-7-11(13(2)3)10-8(12(7)15)5-4-6-9(10)14(16)17/h4-6H,1-3H3. The van der Waals surface area contributed by atoms with E-state index >= 15 is 0 Å². The van der Waals surface area contributed by atoms with Crippen LogP contribution in [-0.2, 0) is 0 Å². The van der Waals surface area contributed by atoms with Gasteiger partial charge in [0.2, 0.25) is 0 Å². The first kappa shape index (κ1) is 11.3. The number of allylic oxidation sites excluding steroid dienone is 1. The van der Waals surface area contributed by atoms with Crippen molar-refractivity contribution in [1.29, 1.82) is 0 Å². The monoisotopic (exact) mass is 232 g/mol. The van der Waals surface area contributed by atoms with E-state index in [1.165, 1.54) is 6.07 Å². The Morgan fingerprint density at radius 2 is 1.94 bits per heavy atom. The number of Topliss-reactive ketones (excluding diaryl/α,β-unsaturated/α-hetero) is 1. The summed E-state index contributed by atoms with van der Waals surface area (Å²) in [6.45, 7) is 1.70. The number of nitro benzene ring substituents is 1. The van der Waals surface area contributed by atoms with E-state index in [2.05, 4.69) is 0 Å². The maximum Gasteiger partial charge on any atom is 0.279 e. The van der Waals surface area contributed by atoms with Crippen LogP contribution in [0.15, 0.2) is 23.8 Å². The number of carbonyl (C=O) groups is 1. The van der Waals surface area contributed by atoms with Gasteiger partial charge in [-0.25, -0.2) is 0 Å². The Balaban J connectivity index is 2.79. The first-order valence-corrected chi connectivity index (χ1v) is 5.15. The van der Waals surface area contributed by atoms with Crippen LogP contribution in [0.4, 0.5) is 5.69 Å². The molecule has 0 saturated heterocycles. The zero-order chi connectivity index (χ0) is 12.7. The van der Waals surface area contributed by atoms with Crippen LogP contribution in [0.25, 0.3) is 5.70 Å². The molecule has 1 aromatic carbocycles. The molecule has 5 heteroatoms. The molecule has 0 radical (unpaired) electrons. The average molecular weight is 232 g/mol. The lowest BCUT2D eigenvalue weighted by Gasteiger charge is -2.15. The Morgan fingerprint density at radius 1 is 1.29 bits per heavy atom. The molecule has 5 nitrogen and oxygen atoms in total. The molecule has 0 amide bonds. The van der Waals surface area contributed by atoms with Gasteiger partial charge in [-0.3, -0.25) is 14.9 Å². The number of fused-ring (bicyclic) bond motifs is 1. The third kappa shape index (κ3) is 1.51. The lowest BCUT2D eigenvalue weighted by Crippen LogP contribution is -2.11. The minimum Gasteiger partial charge on any atom is -0.377 e. The maximum atomic E-state index is 12.0. The van der Waals surface area contributed by atoms with Gasteiger partial charge in [0.15, 0.2) is 5.78 Å². The Hall–Kier alpha value is -2.17. The Bertz CT molecular complexity index is 559. The van der Waals surface area contributed by atoms with Crippen LogP contribution in [0.5, 0.6) is 0 Å². The second-order valence-electron chi connectivity index (χ2n) is 4.15.